The minimum absolute atomic E-state index is 0.0835. The fourth-order valence-corrected chi connectivity index (χ4v) is 4.98. The maximum Gasteiger partial charge on any atom is 0.410 e. The number of carbonyl (C=O) groups is 4. The van der Waals surface area contributed by atoms with Crippen LogP contribution in [0.15, 0.2) is 34.2 Å². The number of ether oxygens (including phenoxy) is 2. The first-order chi connectivity index (χ1) is 16.4. The number of piperidine rings is 1. The number of amidine groups is 1. The lowest BCUT2D eigenvalue weighted by molar-refractivity contribution is -0.135. The summed E-state index contributed by atoms with van der Waals surface area (Å²) in [5, 5.41) is 0.617. The Balaban J connectivity index is 1.85. The number of aliphatic imine (C=N–C) groups is 1. The highest BCUT2D eigenvalue weighted by molar-refractivity contribution is 8.18. The second-order valence-electron chi connectivity index (χ2n) is 8.83. The van der Waals surface area contributed by atoms with Crippen molar-refractivity contribution in [3.8, 4) is 0 Å². The van der Waals surface area contributed by atoms with Gasteiger partial charge in [0.05, 0.1) is 22.6 Å². The molecule has 2 heterocycles. The average molecular weight is 542 g/mol. The van der Waals surface area contributed by atoms with Gasteiger partial charge in [0.25, 0.3) is 11.8 Å². The third-order valence-corrected chi connectivity index (χ3v) is 6.66. The van der Waals surface area contributed by atoms with E-state index < -0.39 is 29.5 Å². The summed E-state index contributed by atoms with van der Waals surface area (Å²) in [4.78, 5) is 57.5. The SMILES string of the molecule is COC(=O)C=C1SC(=NC(=O)c2ccc(Cl)cc2Cl)N(C2CCN(C(=O)OC(C)(C)C)CC2)C1=O. The summed E-state index contributed by atoms with van der Waals surface area (Å²) in [7, 11) is 1.20. The number of amides is 3. The first kappa shape index (κ1) is 27.0. The Hall–Kier alpha value is -2.56. The van der Waals surface area contributed by atoms with Crippen molar-refractivity contribution in [2.75, 3.05) is 20.2 Å². The Morgan fingerprint density at radius 2 is 1.83 bits per heavy atom. The summed E-state index contributed by atoms with van der Waals surface area (Å²) in [6.07, 6.45) is 1.52. The van der Waals surface area contributed by atoms with E-state index in [4.69, 9.17) is 27.9 Å². The Morgan fingerprint density at radius 1 is 1.17 bits per heavy atom. The van der Waals surface area contributed by atoms with Crippen molar-refractivity contribution in [3.63, 3.8) is 0 Å². The molecule has 0 aromatic heterocycles. The Kier molecular flexibility index (Phi) is 8.50. The van der Waals surface area contributed by atoms with Gasteiger partial charge in [-0.1, -0.05) is 23.2 Å². The van der Waals surface area contributed by atoms with E-state index in [9.17, 15) is 19.2 Å². The molecule has 3 amide bonds. The van der Waals surface area contributed by atoms with Crippen LogP contribution >= 0.6 is 35.0 Å². The molecule has 35 heavy (non-hydrogen) atoms. The van der Waals surface area contributed by atoms with Crippen molar-refractivity contribution in [2.45, 2.75) is 45.3 Å². The maximum absolute atomic E-state index is 13.2. The number of hydrogen-bond donors (Lipinski definition) is 0. The van der Waals surface area contributed by atoms with E-state index >= 15 is 0 Å². The third kappa shape index (κ3) is 6.77. The normalized spacial score (nSPS) is 19.4. The zero-order chi connectivity index (χ0) is 25.9. The van der Waals surface area contributed by atoms with E-state index in [1.165, 1.54) is 30.2 Å². The standard InChI is InChI=1S/C23H25Cl2N3O6S/c1-23(2,3)34-22(32)27-9-7-14(8-10-27)28-20(31)17(12-18(29)33-4)35-21(28)26-19(30)15-6-5-13(24)11-16(15)25/h5-6,11-12,14H,7-10H2,1-4H3. The summed E-state index contributed by atoms with van der Waals surface area (Å²) in [6.45, 7) is 6.08. The van der Waals surface area contributed by atoms with Crippen LogP contribution in [-0.2, 0) is 19.1 Å². The van der Waals surface area contributed by atoms with E-state index in [0.717, 1.165) is 17.8 Å². The monoisotopic (exact) mass is 541 g/mol. The molecule has 2 aliphatic heterocycles. The average Bonchev–Trinajstić information content (AvgIpc) is 3.06. The zero-order valence-corrected chi connectivity index (χ0v) is 22.0. The topological polar surface area (TPSA) is 106 Å². The van der Waals surface area contributed by atoms with Crippen molar-refractivity contribution in [1.82, 2.24) is 9.80 Å². The molecule has 12 heteroatoms. The van der Waals surface area contributed by atoms with Gasteiger partial charge < -0.3 is 14.4 Å². The lowest BCUT2D eigenvalue weighted by atomic mass is 10.0. The van der Waals surface area contributed by atoms with Crippen molar-refractivity contribution in [1.29, 1.82) is 0 Å². The molecule has 0 bridgehead atoms. The van der Waals surface area contributed by atoms with Crippen LogP contribution in [0.5, 0.6) is 0 Å². The van der Waals surface area contributed by atoms with Gasteiger partial charge in [0.15, 0.2) is 5.17 Å². The van der Waals surface area contributed by atoms with Crippen LogP contribution in [0.3, 0.4) is 0 Å². The first-order valence-corrected chi connectivity index (χ1v) is 12.3. The molecule has 0 saturated carbocycles. The largest absolute Gasteiger partial charge is 0.466 e. The van der Waals surface area contributed by atoms with Gasteiger partial charge in [0, 0.05) is 30.2 Å². The van der Waals surface area contributed by atoms with Crippen LogP contribution in [0, 0.1) is 0 Å². The number of esters is 1. The molecule has 2 aliphatic rings. The lowest BCUT2D eigenvalue weighted by Crippen LogP contribution is -2.49. The molecule has 1 aromatic carbocycles. The van der Waals surface area contributed by atoms with Crippen LogP contribution < -0.4 is 0 Å². The molecule has 0 unspecified atom stereocenters. The number of benzene rings is 1. The summed E-state index contributed by atoms with van der Waals surface area (Å²) in [6, 6.07) is 4.05. The molecular weight excluding hydrogens is 517 g/mol. The number of rotatable bonds is 3. The first-order valence-electron chi connectivity index (χ1n) is 10.8. The van der Waals surface area contributed by atoms with Gasteiger partial charge in [-0.2, -0.15) is 4.99 Å². The summed E-state index contributed by atoms with van der Waals surface area (Å²) in [5.41, 5.74) is -0.492. The third-order valence-electron chi connectivity index (χ3n) is 5.13. The number of hydrogen-bond acceptors (Lipinski definition) is 7. The Labute approximate surface area is 217 Å². The van der Waals surface area contributed by atoms with Crippen molar-refractivity contribution in [3.05, 3.63) is 44.8 Å². The maximum atomic E-state index is 13.2. The molecule has 0 radical (unpaired) electrons. The summed E-state index contributed by atoms with van der Waals surface area (Å²) < 4.78 is 10.1. The van der Waals surface area contributed by atoms with E-state index in [-0.39, 0.29) is 26.7 Å². The van der Waals surface area contributed by atoms with E-state index in [2.05, 4.69) is 9.73 Å². The molecule has 0 aliphatic carbocycles. The number of halogens is 2. The fraction of sp³-hybridized carbons (Fsp3) is 0.435. The minimum atomic E-state index is -0.700. The van der Waals surface area contributed by atoms with Crippen molar-refractivity contribution in [2.24, 2.45) is 4.99 Å². The van der Waals surface area contributed by atoms with E-state index in [1.807, 2.05) is 0 Å². The molecule has 0 spiro atoms. The molecule has 9 nitrogen and oxygen atoms in total. The van der Waals surface area contributed by atoms with Gasteiger partial charge in [0.2, 0.25) is 0 Å². The summed E-state index contributed by atoms with van der Waals surface area (Å²) >= 11 is 13.0. The van der Waals surface area contributed by atoms with Gasteiger partial charge in [-0.15, -0.1) is 0 Å². The molecule has 2 fully saturated rings. The number of carbonyl (C=O) groups excluding carboxylic acids is 4. The number of methoxy groups -OCH3 is 1. The second kappa shape index (κ2) is 11.0. The van der Waals surface area contributed by atoms with Crippen molar-refractivity contribution >= 4 is 64.0 Å². The van der Waals surface area contributed by atoms with Gasteiger partial charge in [-0.05, 0) is 63.6 Å². The Morgan fingerprint density at radius 3 is 2.40 bits per heavy atom. The predicted molar refractivity (Wildman–Crippen MR) is 134 cm³/mol. The molecule has 1 aromatic rings. The van der Waals surface area contributed by atoms with Gasteiger partial charge >= 0.3 is 12.1 Å². The van der Waals surface area contributed by atoms with Gasteiger partial charge in [-0.3, -0.25) is 14.5 Å². The smallest absolute Gasteiger partial charge is 0.410 e. The number of nitrogens with zero attached hydrogens (tertiary/aromatic N) is 3. The number of thioether (sulfide) groups is 1. The van der Waals surface area contributed by atoms with Gasteiger partial charge in [-0.25, -0.2) is 9.59 Å². The molecule has 3 rings (SSSR count). The van der Waals surface area contributed by atoms with Crippen molar-refractivity contribution < 1.29 is 28.7 Å². The lowest BCUT2D eigenvalue weighted by Gasteiger charge is -2.36. The van der Waals surface area contributed by atoms with E-state index in [0.29, 0.717) is 31.0 Å². The molecule has 2 saturated heterocycles. The Bertz CT molecular complexity index is 1110. The fourth-order valence-electron chi connectivity index (χ4n) is 3.50. The van der Waals surface area contributed by atoms with Crippen LogP contribution in [0.25, 0.3) is 0 Å². The van der Waals surface area contributed by atoms with Crippen LogP contribution in [0.1, 0.15) is 44.0 Å². The summed E-state index contributed by atoms with van der Waals surface area (Å²) in [5.74, 6) is -1.82. The van der Waals surface area contributed by atoms with Crippen LogP contribution in [-0.4, -0.2) is 70.7 Å². The molecular formula is C23H25Cl2N3O6S. The molecule has 0 N–H and O–H groups in total. The van der Waals surface area contributed by atoms with E-state index in [1.54, 1.807) is 25.7 Å². The van der Waals surface area contributed by atoms with Crippen LogP contribution in [0.2, 0.25) is 10.0 Å². The highest BCUT2D eigenvalue weighted by atomic mass is 35.5. The highest BCUT2D eigenvalue weighted by Gasteiger charge is 2.41. The second-order valence-corrected chi connectivity index (χ2v) is 10.7. The van der Waals surface area contributed by atoms with Crippen LogP contribution in [0.4, 0.5) is 4.79 Å². The van der Waals surface area contributed by atoms with Gasteiger partial charge in [0.1, 0.15) is 5.60 Å². The molecule has 188 valence electrons. The quantitative estimate of drug-likeness (QED) is 0.409. The molecule has 0 atom stereocenters. The highest BCUT2D eigenvalue weighted by Crippen LogP contribution is 2.36. The number of likely N-dealkylation sites (tertiary alicyclic amines) is 1. The predicted octanol–water partition coefficient (Wildman–Crippen LogP) is 4.52. The zero-order valence-electron chi connectivity index (χ0n) is 19.7. The minimum Gasteiger partial charge on any atom is -0.466 e.